The third-order valence-corrected chi connectivity index (χ3v) is 4.50. The standard InChI is InChI=1S/C17H13ClF3N3O4/c1-8(9-4-12(18)14(23-5-9)28-7-17(19,20)21)24-6-11-10(15(24)25)2-3-22-13(11)16(26)27/h2-5,8H,6-7H2,1H3,(H,26,27). The Bertz CT molecular complexity index is 952. The molecule has 0 saturated carbocycles. The minimum Gasteiger partial charge on any atom is -0.477 e. The number of fused-ring (bicyclic) bond motifs is 1. The molecule has 1 unspecified atom stereocenters. The Balaban J connectivity index is 1.82. The first-order valence-electron chi connectivity index (χ1n) is 7.95. The summed E-state index contributed by atoms with van der Waals surface area (Å²) in [6.45, 7) is 0.162. The highest BCUT2D eigenvalue weighted by atomic mass is 35.5. The summed E-state index contributed by atoms with van der Waals surface area (Å²) in [6, 6.07) is 2.23. The molecule has 0 spiro atoms. The molecule has 2 aromatic heterocycles. The van der Waals surface area contributed by atoms with Crippen LogP contribution in [0.4, 0.5) is 13.2 Å². The molecule has 1 atom stereocenters. The third-order valence-electron chi connectivity index (χ3n) is 4.23. The molecule has 148 valence electrons. The molecule has 0 fully saturated rings. The van der Waals surface area contributed by atoms with Gasteiger partial charge in [0.2, 0.25) is 5.88 Å². The van der Waals surface area contributed by atoms with Gasteiger partial charge >= 0.3 is 12.1 Å². The summed E-state index contributed by atoms with van der Waals surface area (Å²) < 4.78 is 41.3. The first-order chi connectivity index (χ1) is 13.1. The van der Waals surface area contributed by atoms with Crippen molar-refractivity contribution < 1.29 is 32.6 Å². The normalized spacial score (nSPS) is 14.8. The molecule has 7 nitrogen and oxygen atoms in total. The number of pyridine rings is 2. The van der Waals surface area contributed by atoms with E-state index in [-0.39, 0.29) is 34.6 Å². The lowest BCUT2D eigenvalue weighted by molar-refractivity contribution is -0.154. The largest absolute Gasteiger partial charge is 0.477 e. The topological polar surface area (TPSA) is 92.6 Å². The van der Waals surface area contributed by atoms with E-state index in [1.807, 2.05) is 0 Å². The van der Waals surface area contributed by atoms with E-state index < -0.39 is 24.8 Å². The maximum absolute atomic E-state index is 12.7. The van der Waals surface area contributed by atoms with Gasteiger partial charge in [0.1, 0.15) is 5.02 Å². The molecule has 0 saturated heterocycles. The second-order valence-electron chi connectivity index (χ2n) is 6.06. The lowest BCUT2D eigenvalue weighted by Crippen LogP contribution is -2.27. The van der Waals surface area contributed by atoms with Crippen LogP contribution in [-0.2, 0) is 6.54 Å². The lowest BCUT2D eigenvalue weighted by atomic mass is 10.1. The van der Waals surface area contributed by atoms with E-state index in [0.717, 1.165) is 0 Å². The second-order valence-corrected chi connectivity index (χ2v) is 6.47. The van der Waals surface area contributed by atoms with E-state index in [1.165, 1.54) is 29.4 Å². The molecule has 0 aliphatic carbocycles. The molecule has 11 heteroatoms. The van der Waals surface area contributed by atoms with E-state index in [4.69, 9.17) is 11.6 Å². The average molecular weight is 416 g/mol. The fraction of sp³-hybridized carbons (Fsp3) is 0.294. The summed E-state index contributed by atoms with van der Waals surface area (Å²) in [5.41, 5.74) is 0.794. The van der Waals surface area contributed by atoms with Gasteiger partial charge in [0.05, 0.1) is 6.04 Å². The minimum absolute atomic E-state index is 0.0226. The number of aromatic nitrogens is 2. The SMILES string of the molecule is CC(c1cnc(OCC(F)(F)F)c(Cl)c1)N1Cc2c(ccnc2C(=O)O)C1=O. The van der Waals surface area contributed by atoms with Crippen LogP contribution in [0.2, 0.25) is 5.02 Å². The molecule has 0 radical (unpaired) electrons. The number of halogens is 4. The first kappa shape index (κ1) is 19.9. The second kappa shape index (κ2) is 7.27. The summed E-state index contributed by atoms with van der Waals surface area (Å²) in [7, 11) is 0. The van der Waals surface area contributed by atoms with Crippen LogP contribution in [0.1, 0.15) is 44.9 Å². The highest BCUT2D eigenvalue weighted by Crippen LogP contribution is 2.34. The van der Waals surface area contributed by atoms with Gasteiger partial charge < -0.3 is 14.7 Å². The van der Waals surface area contributed by atoms with Gasteiger partial charge in [-0.2, -0.15) is 13.2 Å². The predicted octanol–water partition coefficient (Wildman–Crippen LogP) is 3.49. The van der Waals surface area contributed by atoms with Crippen molar-refractivity contribution >= 4 is 23.5 Å². The van der Waals surface area contributed by atoms with E-state index in [2.05, 4.69) is 14.7 Å². The van der Waals surface area contributed by atoms with Crippen molar-refractivity contribution in [2.24, 2.45) is 0 Å². The number of alkyl halides is 3. The number of carbonyl (C=O) groups is 2. The number of ether oxygens (including phenoxy) is 1. The zero-order valence-electron chi connectivity index (χ0n) is 14.3. The molecular formula is C17H13ClF3N3O4. The summed E-state index contributed by atoms with van der Waals surface area (Å²) in [4.78, 5) is 33.0. The maximum Gasteiger partial charge on any atom is 0.422 e. The maximum atomic E-state index is 12.7. The minimum atomic E-state index is -4.53. The van der Waals surface area contributed by atoms with Gasteiger partial charge in [0.25, 0.3) is 5.91 Å². The van der Waals surface area contributed by atoms with Crippen LogP contribution in [0, 0.1) is 0 Å². The quantitative estimate of drug-likeness (QED) is 0.803. The molecule has 0 aromatic carbocycles. The van der Waals surface area contributed by atoms with Crippen LogP contribution in [0.15, 0.2) is 24.5 Å². The number of carbonyl (C=O) groups excluding carboxylic acids is 1. The number of hydrogen-bond acceptors (Lipinski definition) is 5. The van der Waals surface area contributed by atoms with Crippen molar-refractivity contribution in [3.63, 3.8) is 0 Å². The van der Waals surface area contributed by atoms with E-state index >= 15 is 0 Å². The van der Waals surface area contributed by atoms with Gasteiger partial charge in [0.15, 0.2) is 12.3 Å². The Labute approximate surface area is 161 Å². The predicted molar refractivity (Wildman–Crippen MR) is 90.3 cm³/mol. The number of rotatable bonds is 5. The van der Waals surface area contributed by atoms with Crippen molar-refractivity contribution in [3.8, 4) is 5.88 Å². The summed E-state index contributed by atoms with van der Waals surface area (Å²) in [5, 5.41) is 9.10. The van der Waals surface area contributed by atoms with Gasteiger partial charge in [0, 0.05) is 30.1 Å². The van der Waals surface area contributed by atoms with E-state index in [1.54, 1.807) is 6.92 Å². The van der Waals surface area contributed by atoms with E-state index in [9.17, 15) is 27.9 Å². The molecule has 3 rings (SSSR count). The highest BCUT2D eigenvalue weighted by molar-refractivity contribution is 6.31. The van der Waals surface area contributed by atoms with Gasteiger partial charge in [-0.1, -0.05) is 11.6 Å². The molecule has 1 aliphatic rings. The molecule has 2 aromatic rings. The van der Waals surface area contributed by atoms with Gasteiger partial charge in [-0.15, -0.1) is 0 Å². The lowest BCUT2D eigenvalue weighted by Gasteiger charge is -2.24. The van der Waals surface area contributed by atoms with E-state index in [0.29, 0.717) is 11.1 Å². The van der Waals surface area contributed by atoms with Crippen molar-refractivity contribution in [1.29, 1.82) is 0 Å². The van der Waals surface area contributed by atoms with Crippen LogP contribution in [-0.4, -0.2) is 44.6 Å². The number of nitrogens with zero attached hydrogens (tertiary/aromatic N) is 3. The molecule has 1 N–H and O–H groups in total. The summed E-state index contributed by atoms with van der Waals surface area (Å²) in [6.07, 6.45) is -2.02. The monoisotopic (exact) mass is 415 g/mol. The Hall–Kier alpha value is -2.88. The summed E-state index contributed by atoms with van der Waals surface area (Å²) >= 11 is 5.96. The molecular weight excluding hydrogens is 403 g/mol. The fourth-order valence-electron chi connectivity index (χ4n) is 2.85. The number of aromatic carboxylic acids is 1. The molecule has 28 heavy (non-hydrogen) atoms. The van der Waals surface area contributed by atoms with Crippen LogP contribution in [0.5, 0.6) is 5.88 Å². The third kappa shape index (κ3) is 3.86. The molecule has 1 amide bonds. The van der Waals surface area contributed by atoms with Crippen molar-refractivity contribution in [1.82, 2.24) is 14.9 Å². The number of hydrogen-bond donors (Lipinski definition) is 1. The summed E-state index contributed by atoms with van der Waals surface area (Å²) in [5.74, 6) is -2.00. The average Bonchev–Trinajstić information content (AvgIpc) is 2.96. The number of amides is 1. The van der Waals surface area contributed by atoms with Crippen molar-refractivity contribution in [2.45, 2.75) is 25.7 Å². The number of carboxylic acid groups (broad SMARTS) is 1. The van der Waals surface area contributed by atoms with Crippen LogP contribution in [0.3, 0.4) is 0 Å². The van der Waals surface area contributed by atoms with Crippen molar-refractivity contribution in [2.75, 3.05) is 6.61 Å². The highest BCUT2D eigenvalue weighted by Gasteiger charge is 2.35. The number of carboxylic acids is 1. The van der Waals surface area contributed by atoms with Crippen molar-refractivity contribution in [3.05, 3.63) is 51.9 Å². The van der Waals surface area contributed by atoms with Gasteiger partial charge in [-0.25, -0.2) is 14.8 Å². The Kier molecular flexibility index (Phi) is 5.16. The first-order valence-corrected chi connectivity index (χ1v) is 8.33. The Morgan fingerprint density at radius 2 is 2.14 bits per heavy atom. The zero-order chi connectivity index (χ0) is 20.6. The van der Waals surface area contributed by atoms with Crippen LogP contribution in [0.25, 0.3) is 0 Å². The Morgan fingerprint density at radius 3 is 2.75 bits per heavy atom. The smallest absolute Gasteiger partial charge is 0.422 e. The van der Waals surface area contributed by atoms with Crippen LogP contribution >= 0.6 is 11.6 Å². The molecule has 3 heterocycles. The Morgan fingerprint density at radius 1 is 1.43 bits per heavy atom. The van der Waals surface area contributed by atoms with Gasteiger partial charge in [-0.05, 0) is 24.6 Å². The fourth-order valence-corrected chi connectivity index (χ4v) is 3.08. The van der Waals surface area contributed by atoms with Gasteiger partial charge in [-0.3, -0.25) is 4.79 Å². The van der Waals surface area contributed by atoms with Crippen LogP contribution < -0.4 is 4.74 Å². The molecule has 0 bridgehead atoms. The molecule has 1 aliphatic heterocycles. The zero-order valence-corrected chi connectivity index (χ0v) is 15.1.